The lowest BCUT2D eigenvalue weighted by Gasteiger charge is -2.22. The first-order valence-corrected chi connectivity index (χ1v) is 7.70. The molecule has 2 heteroatoms. The van der Waals surface area contributed by atoms with Gasteiger partial charge >= 0.3 is 5.97 Å². The Morgan fingerprint density at radius 2 is 1.59 bits per heavy atom. The molecule has 0 aromatic heterocycles. The second-order valence-electron chi connectivity index (χ2n) is 7.25. The van der Waals surface area contributed by atoms with E-state index in [1.165, 1.54) is 11.1 Å². The summed E-state index contributed by atoms with van der Waals surface area (Å²) in [6.07, 6.45) is 0. The minimum atomic E-state index is -0.309. The molecule has 1 aliphatic heterocycles. The quantitative estimate of drug-likeness (QED) is 0.565. The molecule has 1 aliphatic rings. The Morgan fingerprint density at radius 3 is 2.18 bits per heavy atom. The van der Waals surface area contributed by atoms with Crippen LogP contribution in [0.4, 0.5) is 0 Å². The molecular formula is C20H22O2. The van der Waals surface area contributed by atoms with E-state index in [9.17, 15) is 4.79 Å². The van der Waals surface area contributed by atoms with E-state index >= 15 is 0 Å². The molecule has 1 heterocycles. The molecule has 1 atom stereocenters. The molecule has 0 radical (unpaired) electrons. The zero-order valence-corrected chi connectivity index (χ0v) is 13.9. The second-order valence-corrected chi connectivity index (χ2v) is 7.25. The van der Waals surface area contributed by atoms with Gasteiger partial charge in [-0.3, -0.25) is 4.79 Å². The van der Waals surface area contributed by atoms with E-state index in [4.69, 9.17) is 4.74 Å². The van der Waals surface area contributed by atoms with Gasteiger partial charge in [-0.25, -0.2) is 0 Å². The van der Waals surface area contributed by atoms with Crippen LogP contribution in [0.3, 0.4) is 0 Å². The maximum Gasteiger partial charge on any atom is 0.323 e. The van der Waals surface area contributed by atoms with Gasteiger partial charge in [0.05, 0.1) is 0 Å². The Kier molecular flexibility index (Phi) is 3.36. The highest BCUT2D eigenvalue weighted by molar-refractivity contribution is 5.90. The third kappa shape index (κ3) is 2.43. The highest BCUT2D eigenvalue weighted by Gasteiger charge is 2.38. The van der Waals surface area contributed by atoms with E-state index in [1.54, 1.807) is 0 Å². The van der Waals surface area contributed by atoms with Crippen molar-refractivity contribution in [2.75, 3.05) is 0 Å². The van der Waals surface area contributed by atoms with Crippen LogP contribution >= 0.6 is 0 Å². The van der Waals surface area contributed by atoms with Gasteiger partial charge in [-0.1, -0.05) is 68.3 Å². The van der Waals surface area contributed by atoms with Crippen LogP contribution in [-0.2, 0) is 10.2 Å². The molecule has 0 N–H and O–H groups in total. The van der Waals surface area contributed by atoms with Gasteiger partial charge in [-0.2, -0.15) is 0 Å². The third-order valence-corrected chi connectivity index (χ3v) is 4.23. The Hall–Kier alpha value is -2.09. The molecule has 3 rings (SSSR count). The minimum Gasteiger partial charge on any atom is -0.425 e. The van der Waals surface area contributed by atoms with Crippen LogP contribution in [0, 0.1) is 13.8 Å². The van der Waals surface area contributed by atoms with Crippen molar-refractivity contribution < 1.29 is 9.53 Å². The number of ether oxygens (including phenoxy) is 1. The van der Waals surface area contributed by atoms with E-state index in [0.29, 0.717) is 0 Å². The Bertz CT molecular complexity index is 734. The van der Waals surface area contributed by atoms with E-state index in [-0.39, 0.29) is 17.3 Å². The van der Waals surface area contributed by atoms with Gasteiger partial charge in [-0.05, 0) is 24.8 Å². The first kappa shape index (κ1) is 14.8. The average Bonchev–Trinajstić information content (AvgIpc) is 2.74. The molecule has 0 saturated carbocycles. The fourth-order valence-electron chi connectivity index (χ4n) is 3.05. The number of benzene rings is 2. The first-order chi connectivity index (χ1) is 10.3. The van der Waals surface area contributed by atoms with Crippen molar-refractivity contribution in [1.82, 2.24) is 0 Å². The molecule has 0 fully saturated rings. The van der Waals surface area contributed by atoms with Crippen LogP contribution in [0.5, 0.6) is 5.75 Å². The van der Waals surface area contributed by atoms with Crippen LogP contribution in [0.25, 0.3) is 0 Å². The van der Waals surface area contributed by atoms with Gasteiger partial charge in [-0.15, -0.1) is 0 Å². The molecule has 22 heavy (non-hydrogen) atoms. The zero-order chi connectivity index (χ0) is 16.1. The summed E-state index contributed by atoms with van der Waals surface area (Å²) in [4.78, 5) is 12.5. The van der Waals surface area contributed by atoms with E-state index in [0.717, 1.165) is 22.4 Å². The van der Waals surface area contributed by atoms with Crippen LogP contribution in [-0.4, -0.2) is 5.97 Å². The molecule has 2 aromatic rings. The maximum atomic E-state index is 12.5. The van der Waals surface area contributed by atoms with Gasteiger partial charge in [0, 0.05) is 11.1 Å². The molecule has 0 amide bonds. The maximum absolute atomic E-state index is 12.5. The van der Waals surface area contributed by atoms with Gasteiger partial charge < -0.3 is 4.74 Å². The number of aryl methyl sites for hydroxylation is 2. The van der Waals surface area contributed by atoms with E-state index in [2.05, 4.69) is 39.8 Å². The van der Waals surface area contributed by atoms with Crippen molar-refractivity contribution in [3.63, 3.8) is 0 Å². The molecule has 1 unspecified atom stereocenters. The molecule has 114 valence electrons. The molecule has 0 bridgehead atoms. The van der Waals surface area contributed by atoms with Crippen molar-refractivity contribution in [2.45, 2.75) is 46.0 Å². The molecule has 2 aromatic carbocycles. The van der Waals surface area contributed by atoms with Crippen LogP contribution in [0.1, 0.15) is 54.5 Å². The smallest absolute Gasteiger partial charge is 0.323 e. The van der Waals surface area contributed by atoms with Crippen LogP contribution in [0.2, 0.25) is 0 Å². The second kappa shape index (κ2) is 4.98. The predicted molar refractivity (Wildman–Crippen MR) is 88.5 cm³/mol. The van der Waals surface area contributed by atoms with Gasteiger partial charge in [0.25, 0.3) is 0 Å². The Balaban J connectivity index is 2.18. The SMILES string of the molecule is Cc1ccc(C2C(=O)Oc3c2cc(C)cc3C(C)(C)C)cc1. The van der Waals surface area contributed by atoms with Crippen molar-refractivity contribution >= 4 is 5.97 Å². The first-order valence-electron chi connectivity index (χ1n) is 7.70. The highest BCUT2D eigenvalue weighted by Crippen LogP contribution is 2.45. The summed E-state index contributed by atoms with van der Waals surface area (Å²) in [5.74, 6) is 0.278. The third-order valence-electron chi connectivity index (χ3n) is 4.23. The van der Waals surface area contributed by atoms with E-state index in [1.807, 2.05) is 31.2 Å². The summed E-state index contributed by atoms with van der Waals surface area (Å²) in [6, 6.07) is 12.3. The minimum absolute atomic E-state index is 0.0570. The zero-order valence-electron chi connectivity index (χ0n) is 13.9. The summed E-state index contributed by atoms with van der Waals surface area (Å²) in [5, 5.41) is 0. The summed E-state index contributed by atoms with van der Waals surface area (Å²) in [6.45, 7) is 10.6. The summed E-state index contributed by atoms with van der Waals surface area (Å²) in [7, 11) is 0. The largest absolute Gasteiger partial charge is 0.425 e. The van der Waals surface area contributed by atoms with Gasteiger partial charge in [0.2, 0.25) is 0 Å². The van der Waals surface area contributed by atoms with Crippen LogP contribution < -0.4 is 4.74 Å². The number of hydrogen-bond donors (Lipinski definition) is 0. The standard InChI is InChI=1S/C20H22O2/c1-12-6-8-14(9-7-12)17-15-10-13(2)11-16(20(3,4)5)18(15)22-19(17)21/h6-11,17H,1-5H3. The fraction of sp³-hybridized carbons (Fsp3) is 0.350. The number of fused-ring (bicyclic) bond motifs is 1. The van der Waals surface area contributed by atoms with Gasteiger partial charge in [0.15, 0.2) is 0 Å². The number of rotatable bonds is 1. The van der Waals surface area contributed by atoms with Crippen molar-refractivity contribution in [1.29, 1.82) is 0 Å². The fourth-order valence-corrected chi connectivity index (χ4v) is 3.05. The lowest BCUT2D eigenvalue weighted by Crippen LogP contribution is -2.13. The normalized spacial score (nSPS) is 17.3. The van der Waals surface area contributed by atoms with Crippen molar-refractivity contribution in [3.05, 3.63) is 64.2 Å². The predicted octanol–water partition coefficient (Wildman–Crippen LogP) is 4.65. The molecule has 2 nitrogen and oxygen atoms in total. The van der Waals surface area contributed by atoms with Crippen molar-refractivity contribution in [3.8, 4) is 5.75 Å². The summed E-state index contributed by atoms with van der Waals surface area (Å²) < 4.78 is 5.68. The average molecular weight is 294 g/mol. The van der Waals surface area contributed by atoms with Crippen molar-refractivity contribution in [2.24, 2.45) is 0 Å². The van der Waals surface area contributed by atoms with E-state index < -0.39 is 0 Å². The molecule has 0 aliphatic carbocycles. The monoisotopic (exact) mass is 294 g/mol. The highest BCUT2D eigenvalue weighted by atomic mass is 16.5. The number of carbonyl (C=O) groups excluding carboxylic acids is 1. The lowest BCUT2D eigenvalue weighted by molar-refractivity contribution is -0.133. The summed E-state index contributed by atoms with van der Waals surface area (Å²) in [5.41, 5.74) is 5.40. The number of hydrogen-bond acceptors (Lipinski definition) is 2. The Morgan fingerprint density at radius 1 is 0.955 bits per heavy atom. The molecular weight excluding hydrogens is 272 g/mol. The molecule has 0 saturated heterocycles. The summed E-state index contributed by atoms with van der Waals surface area (Å²) >= 11 is 0. The number of carbonyl (C=O) groups is 1. The lowest BCUT2D eigenvalue weighted by atomic mass is 9.82. The van der Waals surface area contributed by atoms with Crippen LogP contribution in [0.15, 0.2) is 36.4 Å². The van der Waals surface area contributed by atoms with Gasteiger partial charge in [0.1, 0.15) is 11.7 Å². The topological polar surface area (TPSA) is 26.3 Å². The molecule has 0 spiro atoms. The Labute approximate surface area is 132 Å². The number of esters is 1.